The van der Waals surface area contributed by atoms with Crippen molar-refractivity contribution >= 4 is 34.2 Å². The fourth-order valence-corrected chi connectivity index (χ4v) is 3.06. The molecule has 0 saturated carbocycles. The van der Waals surface area contributed by atoms with E-state index in [1.165, 1.54) is 11.8 Å². The molecule has 0 aromatic heterocycles. The van der Waals surface area contributed by atoms with Gasteiger partial charge in [-0.2, -0.15) is 0 Å². The molecule has 18 heavy (non-hydrogen) atoms. The summed E-state index contributed by atoms with van der Waals surface area (Å²) in [6, 6.07) is 7.70. The van der Waals surface area contributed by atoms with Crippen molar-refractivity contribution in [3.8, 4) is 0 Å². The maximum atomic E-state index is 12.0. The fraction of sp³-hybridized carbons (Fsp3) is 0.385. The van der Waals surface area contributed by atoms with Crippen LogP contribution >= 0.6 is 11.8 Å². The Kier molecular flexibility index (Phi) is 3.91. The lowest BCUT2D eigenvalue weighted by atomic mass is 10.2. The third kappa shape index (κ3) is 2.67. The predicted molar refractivity (Wildman–Crippen MR) is 75.0 cm³/mol. The lowest BCUT2D eigenvalue weighted by Crippen LogP contribution is -2.25. The van der Waals surface area contributed by atoms with Crippen molar-refractivity contribution in [2.75, 3.05) is 23.8 Å². The van der Waals surface area contributed by atoms with Crippen molar-refractivity contribution in [3.63, 3.8) is 0 Å². The highest BCUT2D eigenvalue weighted by Gasteiger charge is 2.32. The third-order valence-corrected chi connectivity index (χ3v) is 3.87. The molecule has 1 aliphatic rings. The molecule has 0 aliphatic carbocycles. The molecule has 0 radical (unpaired) electrons. The second-order valence-electron chi connectivity index (χ2n) is 4.21. The van der Waals surface area contributed by atoms with E-state index in [1.54, 1.807) is 11.8 Å². The van der Waals surface area contributed by atoms with Gasteiger partial charge in [0.25, 0.3) is 0 Å². The number of thioether (sulfide) groups is 1. The first-order valence-electron chi connectivity index (χ1n) is 5.86. The first kappa shape index (κ1) is 13.0. The second kappa shape index (κ2) is 5.44. The molecule has 0 spiro atoms. The smallest absolute Gasteiger partial charge is 0.228 e. The van der Waals surface area contributed by atoms with Crippen LogP contribution in [-0.4, -0.2) is 29.9 Å². The quantitative estimate of drug-likeness (QED) is 0.908. The number of nitrogens with zero attached hydrogens (tertiary/aromatic N) is 1. The first-order chi connectivity index (χ1) is 8.61. The molecule has 96 valence electrons. The Labute approximate surface area is 111 Å². The lowest BCUT2D eigenvalue weighted by Gasteiger charge is -2.19. The number of para-hydroxylation sites is 2. The Morgan fingerprint density at radius 3 is 2.83 bits per heavy atom. The van der Waals surface area contributed by atoms with Crippen LogP contribution in [0.3, 0.4) is 0 Å². The fourth-order valence-electron chi connectivity index (χ4n) is 2.14. The Balaban J connectivity index is 2.19. The molecule has 1 atom stereocenters. The van der Waals surface area contributed by atoms with Gasteiger partial charge in [0.1, 0.15) is 0 Å². The standard InChI is InChI=1S/C13H16N2O2S/c1-9(16)18-10-7-13(17)15(8-10)12-6-4-3-5-11(12)14-2/h3-6,10,14H,7-8H2,1-2H3. The summed E-state index contributed by atoms with van der Waals surface area (Å²) in [6.07, 6.45) is 0.433. The maximum Gasteiger partial charge on any atom is 0.228 e. The van der Waals surface area contributed by atoms with E-state index in [2.05, 4.69) is 5.32 Å². The lowest BCUT2D eigenvalue weighted by molar-refractivity contribution is -0.117. The molecule has 1 aliphatic heterocycles. The van der Waals surface area contributed by atoms with Gasteiger partial charge in [-0.1, -0.05) is 23.9 Å². The Morgan fingerprint density at radius 2 is 2.17 bits per heavy atom. The number of anilines is 2. The molecule has 1 N–H and O–H groups in total. The van der Waals surface area contributed by atoms with Gasteiger partial charge in [0.05, 0.1) is 11.4 Å². The van der Waals surface area contributed by atoms with Crippen LogP contribution in [-0.2, 0) is 9.59 Å². The van der Waals surface area contributed by atoms with Crippen LogP contribution in [0.15, 0.2) is 24.3 Å². The minimum absolute atomic E-state index is 0.0663. The molecule has 1 fully saturated rings. The summed E-state index contributed by atoms with van der Waals surface area (Å²) in [5.74, 6) is 0.0800. The van der Waals surface area contributed by atoms with Crippen LogP contribution in [0.2, 0.25) is 0 Å². The van der Waals surface area contributed by atoms with E-state index in [0.29, 0.717) is 13.0 Å². The molecule has 4 nitrogen and oxygen atoms in total. The molecule has 0 bridgehead atoms. The van der Waals surface area contributed by atoms with Crippen LogP contribution in [0.25, 0.3) is 0 Å². The van der Waals surface area contributed by atoms with E-state index < -0.39 is 0 Å². The Hall–Kier alpha value is -1.49. The summed E-state index contributed by atoms with van der Waals surface area (Å²) < 4.78 is 0. The van der Waals surface area contributed by atoms with Crippen molar-refractivity contribution in [3.05, 3.63) is 24.3 Å². The van der Waals surface area contributed by atoms with Gasteiger partial charge in [0.15, 0.2) is 5.12 Å². The maximum absolute atomic E-state index is 12.0. The summed E-state index contributed by atoms with van der Waals surface area (Å²) in [4.78, 5) is 24.9. The van der Waals surface area contributed by atoms with Gasteiger partial charge in [-0.15, -0.1) is 0 Å². The molecule has 1 aromatic rings. The summed E-state index contributed by atoms with van der Waals surface area (Å²) in [6.45, 7) is 2.14. The van der Waals surface area contributed by atoms with E-state index in [9.17, 15) is 9.59 Å². The second-order valence-corrected chi connectivity index (χ2v) is 5.68. The molecule has 1 aromatic carbocycles. The molecule has 1 unspecified atom stereocenters. The topological polar surface area (TPSA) is 49.4 Å². The van der Waals surface area contributed by atoms with E-state index >= 15 is 0 Å². The molecular formula is C13H16N2O2S. The summed E-state index contributed by atoms with van der Waals surface area (Å²) in [5, 5.41) is 3.22. The number of amides is 1. The van der Waals surface area contributed by atoms with Crippen molar-refractivity contribution in [2.24, 2.45) is 0 Å². The van der Waals surface area contributed by atoms with Gasteiger partial charge in [-0.05, 0) is 12.1 Å². The zero-order chi connectivity index (χ0) is 13.1. The van der Waals surface area contributed by atoms with Crippen LogP contribution in [0, 0.1) is 0 Å². The van der Waals surface area contributed by atoms with Gasteiger partial charge in [0, 0.05) is 32.2 Å². The Morgan fingerprint density at radius 1 is 1.44 bits per heavy atom. The zero-order valence-corrected chi connectivity index (χ0v) is 11.3. The molecular weight excluding hydrogens is 248 g/mol. The molecule has 1 amide bonds. The number of rotatable bonds is 3. The van der Waals surface area contributed by atoms with Crippen LogP contribution in [0.1, 0.15) is 13.3 Å². The predicted octanol–water partition coefficient (Wildman–Crippen LogP) is 2.11. The largest absolute Gasteiger partial charge is 0.386 e. The average molecular weight is 264 g/mol. The van der Waals surface area contributed by atoms with E-state index in [4.69, 9.17) is 0 Å². The average Bonchev–Trinajstić information content (AvgIpc) is 2.69. The van der Waals surface area contributed by atoms with Gasteiger partial charge < -0.3 is 10.2 Å². The summed E-state index contributed by atoms with van der Waals surface area (Å²) in [5.41, 5.74) is 1.82. The Bertz CT molecular complexity index is 476. The highest BCUT2D eigenvalue weighted by atomic mass is 32.2. The third-order valence-electron chi connectivity index (χ3n) is 2.89. The van der Waals surface area contributed by atoms with Crippen molar-refractivity contribution < 1.29 is 9.59 Å². The summed E-state index contributed by atoms with van der Waals surface area (Å²) in [7, 11) is 1.83. The number of carbonyl (C=O) groups is 2. The molecule has 1 heterocycles. The van der Waals surface area contributed by atoms with E-state index in [0.717, 1.165) is 11.4 Å². The number of carbonyl (C=O) groups excluding carboxylic acids is 2. The zero-order valence-electron chi connectivity index (χ0n) is 10.5. The number of hydrogen-bond donors (Lipinski definition) is 1. The van der Waals surface area contributed by atoms with Crippen molar-refractivity contribution in [1.82, 2.24) is 0 Å². The minimum Gasteiger partial charge on any atom is -0.386 e. The van der Waals surface area contributed by atoms with Crippen LogP contribution in [0.5, 0.6) is 0 Å². The van der Waals surface area contributed by atoms with Crippen LogP contribution in [0.4, 0.5) is 11.4 Å². The highest BCUT2D eigenvalue weighted by Crippen LogP contribution is 2.32. The highest BCUT2D eigenvalue weighted by molar-refractivity contribution is 8.14. The van der Waals surface area contributed by atoms with Crippen molar-refractivity contribution in [1.29, 1.82) is 0 Å². The molecule has 5 heteroatoms. The van der Waals surface area contributed by atoms with E-state index in [-0.39, 0.29) is 16.3 Å². The molecule has 1 saturated heterocycles. The SMILES string of the molecule is CNc1ccccc1N1CC(SC(C)=O)CC1=O. The number of hydrogen-bond acceptors (Lipinski definition) is 4. The van der Waals surface area contributed by atoms with Crippen molar-refractivity contribution in [2.45, 2.75) is 18.6 Å². The van der Waals surface area contributed by atoms with Crippen LogP contribution < -0.4 is 10.2 Å². The summed E-state index contributed by atoms with van der Waals surface area (Å²) >= 11 is 1.26. The minimum atomic E-state index is 0.0663. The van der Waals surface area contributed by atoms with Gasteiger partial charge in [-0.25, -0.2) is 0 Å². The monoisotopic (exact) mass is 264 g/mol. The molecule has 2 rings (SSSR count). The normalized spacial score (nSPS) is 19.1. The van der Waals surface area contributed by atoms with Gasteiger partial charge in [-0.3, -0.25) is 9.59 Å². The van der Waals surface area contributed by atoms with Gasteiger partial charge in [0.2, 0.25) is 5.91 Å². The number of nitrogens with one attached hydrogen (secondary N) is 1. The first-order valence-corrected chi connectivity index (χ1v) is 6.74. The van der Waals surface area contributed by atoms with E-state index in [1.807, 2.05) is 31.3 Å². The van der Waals surface area contributed by atoms with Gasteiger partial charge >= 0.3 is 0 Å². The number of benzene rings is 1.